The molecule has 22 heavy (non-hydrogen) atoms. The highest BCUT2D eigenvalue weighted by Gasteiger charge is 2.15. The Labute approximate surface area is 125 Å². The van der Waals surface area contributed by atoms with Gasteiger partial charge in [0, 0.05) is 11.8 Å². The third-order valence-electron chi connectivity index (χ3n) is 3.06. The molecule has 0 N–H and O–H groups in total. The van der Waals surface area contributed by atoms with E-state index in [0.29, 0.717) is 29.0 Å². The summed E-state index contributed by atoms with van der Waals surface area (Å²) in [6, 6.07) is 15.1. The van der Waals surface area contributed by atoms with E-state index in [1.165, 1.54) is 6.26 Å². The maximum atomic E-state index is 5.47. The highest BCUT2D eigenvalue weighted by Crippen LogP contribution is 2.24. The molecule has 1 aromatic carbocycles. The van der Waals surface area contributed by atoms with Crippen LogP contribution in [-0.2, 0) is 0 Å². The first-order valence-corrected chi connectivity index (χ1v) is 6.66. The first-order chi connectivity index (χ1) is 10.9. The molecule has 4 aromatic rings. The molecule has 6 heteroatoms. The number of benzene rings is 1. The first kappa shape index (κ1) is 12.5. The molecule has 0 bridgehead atoms. The van der Waals surface area contributed by atoms with Crippen LogP contribution in [0, 0.1) is 0 Å². The molecule has 0 radical (unpaired) electrons. The van der Waals surface area contributed by atoms with Gasteiger partial charge in [-0.05, 0) is 24.3 Å². The summed E-state index contributed by atoms with van der Waals surface area (Å²) in [7, 11) is 0. The molecule has 106 valence electrons. The van der Waals surface area contributed by atoms with E-state index in [1.807, 2.05) is 48.5 Å². The summed E-state index contributed by atoms with van der Waals surface area (Å²) in [5, 5.41) is 3.91. The molecule has 4 rings (SSSR count). The van der Waals surface area contributed by atoms with Crippen LogP contribution in [0.25, 0.3) is 34.6 Å². The summed E-state index contributed by atoms with van der Waals surface area (Å²) in [4.78, 5) is 12.8. The smallest absolute Gasteiger partial charge is 0.280 e. The van der Waals surface area contributed by atoms with E-state index in [4.69, 9.17) is 8.94 Å². The summed E-state index contributed by atoms with van der Waals surface area (Å²) in [5.41, 5.74) is 2.02. The Morgan fingerprint density at radius 2 is 1.64 bits per heavy atom. The van der Waals surface area contributed by atoms with Crippen molar-refractivity contribution in [2.24, 2.45) is 0 Å². The van der Waals surface area contributed by atoms with Crippen LogP contribution in [0.3, 0.4) is 0 Å². The van der Waals surface area contributed by atoms with Crippen molar-refractivity contribution in [1.29, 1.82) is 0 Å². The van der Waals surface area contributed by atoms with Gasteiger partial charge in [-0.2, -0.15) is 4.98 Å². The summed E-state index contributed by atoms with van der Waals surface area (Å²) in [6.07, 6.45) is 3.17. The van der Waals surface area contributed by atoms with Gasteiger partial charge in [-0.3, -0.25) is 4.98 Å². The number of hydrogen-bond acceptors (Lipinski definition) is 6. The summed E-state index contributed by atoms with van der Waals surface area (Å²) >= 11 is 0. The Kier molecular flexibility index (Phi) is 2.97. The number of oxazole rings is 1. The largest absolute Gasteiger partial charge is 0.444 e. The van der Waals surface area contributed by atoms with Gasteiger partial charge < -0.3 is 8.94 Å². The maximum absolute atomic E-state index is 5.47. The zero-order chi connectivity index (χ0) is 14.8. The van der Waals surface area contributed by atoms with E-state index in [0.717, 1.165) is 5.56 Å². The lowest BCUT2D eigenvalue weighted by molar-refractivity contribution is 0.430. The Bertz CT molecular complexity index is 809. The Morgan fingerprint density at radius 1 is 0.773 bits per heavy atom. The van der Waals surface area contributed by atoms with E-state index in [1.54, 1.807) is 6.20 Å². The minimum absolute atomic E-state index is 0.298. The normalized spacial score (nSPS) is 10.7. The van der Waals surface area contributed by atoms with Crippen LogP contribution in [0.15, 0.2) is 69.9 Å². The number of nitrogens with zero attached hydrogens (tertiary/aromatic N) is 4. The standard InChI is InChI=1S/C16H10N4O2/c1-2-6-11(7-3-1)15-18-13(10-21-15)16-19-14(20-22-16)12-8-4-5-9-17-12/h1-10H. The third-order valence-corrected chi connectivity index (χ3v) is 3.06. The minimum Gasteiger partial charge on any atom is -0.444 e. The lowest BCUT2D eigenvalue weighted by atomic mass is 10.2. The zero-order valence-electron chi connectivity index (χ0n) is 11.4. The predicted octanol–water partition coefficient (Wildman–Crippen LogP) is 3.45. The van der Waals surface area contributed by atoms with E-state index >= 15 is 0 Å². The topological polar surface area (TPSA) is 77.8 Å². The number of pyridine rings is 1. The second-order valence-electron chi connectivity index (χ2n) is 4.54. The molecular weight excluding hydrogens is 280 g/mol. The highest BCUT2D eigenvalue weighted by molar-refractivity contribution is 5.58. The molecule has 0 spiro atoms. The van der Waals surface area contributed by atoms with Gasteiger partial charge in [0.1, 0.15) is 12.0 Å². The van der Waals surface area contributed by atoms with Gasteiger partial charge in [-0.25, -0.2) is 4.98 Å². The van der Waals surface area contributed by atoms with Crippen LogP contribution in [0.1, 0.15) is 0 Å². The van der Waals surface area contributed by atoms with Crippen molar-refractivity contribution in [3.8, 4) is 34.6 Å². The SMILES string of the molecule is c1ccc(-c2nc(-c3nc(-c4ccccn4)no3)co2)cc1. The molecule has 6 nitrogen and oxygen atoms in total. The molecule has 0 unspecified atom stereocenters. The molecule has 0 fully saturated rings. The number of rotatable bonds is 3. The molecule has 0 amide bonds. The van der Waals surface area contributed by atoms with Gasteiger partial charge in [0.25, 0.3) is 5.89 Å². The Hall–Kier alpha value is -3.28. The maximum Gasteiger partial charge on any atom is 0.280 e. The molecule has 3 heterocycles. The van der Waals surface area contributed by atoms with Crippen molar-refractivity contribution in [1.82, 2.24) is 20.1 Å². The van der Waals surface area contributed by atoms with Crippen LogP contribution < -0.4 is 0 Å². The van der Waals surface area contributed by atoms with Gasteiger partial charge >= 0.3 is 0 Å². The fourth-order valence-electron chi connectivity index (χ4n) is 2.01. The average Bonchev–Trinajstić information content (AvgIpc) is 3.26. The van der Waals surface area contributed by atoms with Gasteiger partial charge in [0.15, 0.2) is 5.69 Å². The Balaban J connectivity index is 1.66. The molecule has 0 aliphatic heterocycles. The lowest BCUT2D eigenvalue weighted by Crippen LogP contribution is -1.84. The highest BCUT2D eigenvalue weighted by atomic mass is 16.5. The molecule has 0 aliphatic rings. The quantitative estimate of drug-likeness (QED) is 0.575. The second kappa shape index (κ2) is 5.25. The summed E-state index contributed by atoms with van der Waals surface area (Å²) < 4.78 is 10.7. The van der Waals surface area contributed by atoms with Crippen LogP contribution in [0.2, 0.25) is 0 Å². The molecule has 3 aromatic heterocycles. The second-order valence-corrected chi connectivity index (χ2v) is 4.54. The predicted molar refractivity (Wildman–Crippen MR) is 78.5 cm³/mol. The molecule has 0 aliphatic carbocycles. The average molecular weight is 290 g/mol. The number of hydrogen-bond donors (Lipinski definition) is 0. The first-order valence-electron chi connectivity index (χ1n) is 6.66. The Morgan fingerprint density at radius 3 is 2.45 bits per heavy atom. The van der Waals surface area contributed by atoms with Crippen LogP contribution in [0.5, 0.6) is 0 Å². The monoisotopic (exact) mass is 290 g/mol. The van der Waals surface area contributed by atoms with Crippen molar-refractivity contribution >= 4 is 0 Å². The van der Waals surface area contributed by atoms with Crippen LogP contribution >= 0.6 is 0 Å². The van der Waals surface area contributed by atoms with Crippen molar-refractivity contribution in [3.05, 3.63) is 61.0 Å². The van der Waals surface area contributed by atoms with E-state index in [9.17, 15) is 0 Å². The molecular formula is C16H10N4O2. The molecule has 0 saturated heterocycles. The van der Waals surface area contributed by atoms with E-state index in [2.05, 4.69) is 20.1 Å². The zero-order valence-corrected chi connectivity index (χ0v) is 11.4. The van der Waals surface area contributed by atoms with Gasteiger partial charge in [0.2, 0.25) is 11.7 Å². The summed E-state index contributed by atoms with van der Waals surface area (Å²) in [5.74, 6) is 1.22. The van der Waals surface area contributed by atoms with Crippen LogP contribution in [0.4, 0.5) is 0 Å². The molecule has 0 atom stereocenters. The van der Waals surface area contributed by atoms with Gasteiger partial charge in [0.05, 0.1) is 0 Å². The van der Waals surface area contributed by atoms with Crippen molar-refractivity contribution in [2.45, 2.75) is 0 Å². The fourth-order valence-corrected chi connectivity index (χ4v) is 2.01. The van der Waals surface area contributed by atoms with Crippen molar-refractivity contribution < 1.29 is 8.94 Å². The van der Waals surface area contributed by atoms with Gasteiger partial charge in [-0.1, -0.05) is 29.4 Å². The minimum atomic E-state index is 0.298. The molecule has 0 saturated carbocycles. The third kappa shape index (κ3) is 2.26. The van der Waals surface area contributed by atoms with Gasteiger partial charge in [-0.15, -0.1) is 0 Å². The number of aromatic nitrogens is 4. The van der Waals surface area contributed by atoms with E-state index < -0.39 is 0 Å². The van der Waals surface area contributed by atoms with Crippen LogP contribution in [-0.4, -0.2) is 20.1 Å². The van der Waals surface area contributed by atoms with Crippen molar-refractivity contribution in [3.63, 3.8) is 0 Å². The lowest BCUT2D eigenvalue weighted by Gasteiger charge is -1.91. The van der Waals surface area contributed by atoms with Crippen molar-refractivity contribution in [2.75, 3.05) is 0 Å². The summed E-state index contributed by atoms with van der Waals surface area (Å²) in [6.45, 7) is 0. The van der Waals surface area contributed by atoms with E-state index in [-0.39, 0.29) is 0 Å². The fraction of sp³-hybridized carbons (Fsp3) is 0.